The fraction of sp³-hybridized carbons (Fsp3) is 0.824. The standard InChI is InChI=1S/C17H30N2S/c1-6-13-9-8-10-17(11-13,18-7-2)15-19-14(12-20-15)16(3,4)5/h12-13,18H,6-11H2,1-5H3. The Morgan fingerprint density at radius 2 is 2.15 bits per heavy atom. The van der Waals surface area contributed by atoms with E-state index in [1.165, 1.54) is 42.8 Å². The Morgan fingerprint density at radius 1 is 1.40 bits per heavy atom. The Hall–Kier alpha value is -0.410. The Morgan fingerprint density at radius 3 is 2.70 bits per heavy atom. The quantitative estimate of drug-likeness (QED) is 0.859. The van der Waals surface area contributed by atoms with Gasteiger partial charge in [-0.25, -0.2) is 4.98 Å². The third kappa shape index (κ3) is 3.25. The van der Waals surface area contributed by atoms with Gasteiger partial charge in [-0.15, -0.1) is 11.3 Å². The van der Waals surface area contributed by atoms with Crippen LogP contribution in [0.15, 0.2) is 5.38 Å². The van der Waals surface area contributed by atoms with Gasteiger partial charge in [-0.2, -0.15) is 0 Å². The lowest BCUT2D eigenvalue weighted by molar-refractivity contribution is 0.176. The lowest BCUT2D eigenvalue weighted by atomic mass is 9.75. The maximum absolute atomic E-state index is 5.02. The van der Waals surface area contributed by atoms with E-state index in [0.717, 1.165) is 12.5 Å². The molecule has 114 valence electrons. The summed E-state index contributed by atoms with van der Waals surface area (Å²) in [6.07, 6.45) is 6.52. The zero-order valence-corrected chi connectivity index (χ0v) is 14.6. The van der Waals surface area contributed by atoms with E-state index in [4.69, 9.17) is 4.98 Å². The minimum Gasteiger partial charge on any atom is -0.306 e. The van der Waals surface area contributed by atoms with Crippen LogP contribution in [0.2, 0.25) is 0 Å². The summed E-state index contributed by atoms with van der Waals surface area (Å²) in [5.41, 5.74) is 1.54. The fourth-order valence-electron chi connectivity index (χ4n) is 3.34. The predicted octanol–water partition coefficient (Wildman–Crippen LogP) is 4.85. The van der Waals surface area contributed by atoms with Crippen molar-refractivity contribution in [2.24, 2.45) is 5.92 Å². The second-order valence-electron chi connectivity index (χ2n) is 7.27. The molecule has 1 fully saturated rings. The van der Waals surface area contributed by atoms with Gasteiger partial charge in [0.25, 0.3) is 0 Å². The van der Waals surface area contributed by atoms with Gasteiger partial charge in [-0.05, 0) is 25.3 Å². The van der Waals surface area contributed by atoms with Gasteiger partial charge in [0.05, 0.1) is 11.2 Å². The zero-order valence-electron chi connectivity index (χ0n) is 13.8. The second kappa shape index (κ2) is 6.15. The monoisotopic (exact) mass is 294 g/mol. The molecule has 0 spiro atoms. The van der Waals surface area contributed by atoms with Crippen molar-refractivity contribution in [2.75, 3.05) is 6.54 Å². The summed E-state index contributed by atoms with van der Waals surface area (Å²) < 4.78 is 0. The molecule has 3 heteroatoms. The lowest BCUT2D eigenvalue weighted by Gasteiger charge is -2.40. The van der Waals surface area contributed by atoms with Crippen LogP contribution in [0.25, 0.3) is 0 Å². The van der Waals surface area contributed by atoms with Gasteiger partial charge >= 0.3 is 0 Å². The van der Waals surface area contributed by atoms with Crippen molar-refractivity contribution < 1.29 is 0 Å². The van der Waals surface area contributed by atoms with Crippen molar-refractivity contribution in [3.8, 4) is 0 Å². The highest BCUT2D eigenvalue weighted by Crippen LogP contribution is 2.43. The molecule has 1 heterocycles. The van der Waals surface area contributed by atoms with Crippen LogP contribution in [0.4, 0.5) is 0 Å². The molecular weight excluding hydrogens is 264 g/mol. The van der Waals surface area contributed by atoms with Crippen molar-refractivity contribution >= 4 is 11.3 Å². The first-order valence-electron chi connectivity index (χ1n) is 8.13. The Bertz CT molecular complexity index is 428. The van der Waals surface area contributed by atoms with Gasteiger partial charge in [0.15, 0.2) is 0 Å². The lowest BCUT2D eigenvalue weighted by Crippen LogP contribution is -2.46. The van der Waals surface area contributed by atoms with Gasteiger partial charge in [0.2, 0.25) is 0 Å². The van der Waals surface area contributed by atoms with Crippen LogP contribution in [0.1, 0.15) is 77.4 Å². The average molecular weight is 295 g/mol. The van der Waals surface area contributed by atoms with Gasteiger partial charge in [0, 0.05) is 10.8 Å². The minimum atomic E-state index is 0.141. The Balaban J connectivity index is 2.30. The summed E-state index contributed by atoms with van der Waals surface area (Å²) >= 11 is 1.86. The molecule has 1 saturated carbocycles. The van der Waals surface area contributed by atoms with Crippen molar-refractivity contribution in [1.29, 1.82) is 0 Å². The Labute approximate surface area is 128 Å². The number of nitrogens with zero attached hydrogens (tertiary/aromatic N) is 1. The number of aromatic nitrogens is 1. The number of nitrogens with one attached hydrogen (secondary N) is 1. The molecule has 1 aliphatic carbocycles. The van der Waals surface area contributed by atoms with Gasteiger partial charge < -0.3 is 5.32 Å². The Kier molecular flexibility index (Phi) is 4.91. The highest BCUT2D eigenvalue weighted by molar-refractivity contribution is 7.09. The molecule has 1 aromatic rings. The molecule has 1 aliphatic rings. The average Bonchev–Trinajstić information content (AvgIpc) is 2.89. The first-order chi connectivity index (χ1) is 9.41. The molecule has 0 amide bonds. The summed E-state index contributed by atoms with van der Waals surface area (Å²) in [7, 11) is 0. The fourth-order valence-corrected chi connectivity index (χ4v) is 4.61. The van der Waals surface area contributed by atoms with E-state index < -0.39 is 0 Å². The third-order valence-electron chi connectivity index (χ3n) is 4.63. The first-order valence-corrected chi connectivity index (χ1v) is 9.00. The van der Waals surface area contributed by atoms with Gasteiger partial charge in [-0.1, -0.05) is 53.9 Å². The van der Waals surface area contributed by atoms with Crippen LogP contribution in [0, 0.1) is 5.92 Å². The maximum Gasteiger partial charge on any atom is 0.113 e. The SMILES string of the molecule is CCNC1(c2nc(C(C)(C)C)cs2)CCCC(CC)C1. The van der Waals surface area contributed by atoms with E-state index in [2.05, 4.69) is 45.3 Å². The van der Waals surface area contributed by atoms with Crippen molar-refractivity contribution in [1.82, 2.24) is 10.3 Å². The first kappa shape index (κ1) is 16.0. The topological polar surface area (TPSA) is 24.9 Å². The molecule has 0 radical (unpaired) electrons. The smallest absolute Gasteiger partial charge is 0.113 e. The van der Waals surface area contributed by atoms with Gasteiger partial charge in [0.1, 0.15) is 5.01 Å². The maximum atomic E-state index is 5.02. The van der Waals surface area contributed by atoms with E-state index in [9.17, 15) is 0 Å². The molecule has 0 bridgehead atoms. The van der Waals surface area contributed by atoms with Crippen LogP contribution < -0.4 is 5.32 Å². The third-order valence-corrected chi connectivity index (χ3v) is 5.67. The molecular formula is C17H30N2S. The normalized spacial score (nSPS) is 27.8. The van der Waals surface area contributed by atoms with Crippen LogP contribution >= 0.6 is 11.3 Å². The number of hydrogen-bond donors (Lipinski definition) is 1. The predicted molar refractivity (Wildman–Crippen MR) is 88.4 cm³/mol. The number of rotatable bonds is 4. The van der Waals surface area contributed by atoms with Crippen LogP contribution in [-0.2, 0) is 11.0 Å². The second-order valence-corrected chi connectivity index (χ2v) is 8.13. The van der Waals surface area contributed by atoms with Crippen LogP contribution in [-0.4, -0.2) is 11.5 Å². The highest BCUT2D eigenvalue weighted by Gasteiger charge is 2.39. The van der Waals surface area contributed by atoms with E-state index in [-0.39, 0.29) is 11.0 Å². The molecule has 2 unspecified atom stereocenters. The van der Waals surface area contributed by atoms with Crippen LogP contribution in [0.5, 0.6) is 0 Å². The van der Waals surface area contributed by atoms with E-state index >= 15 is 0 Å². The molecule has 0 aromatic carbocycles. The van der Waals surface area contributed by atoms with E-state index in [0.29, 0.717) is 0 Å². The highest BCUT2D eigenvalue weighted by atomic mass is 32.1. The van der Waals surface area contributed by atoms with Crippen molar-refractivity contribution in [2.45, 2.75) is 77.7 Å². The van der Waals surface area contributed by atoms with Crippen LogP contribution in [0.3, 0.4) is 0 Å². The van der Waals surface area contributed by atoms with Crippen molar-refractivity contribution in [3.63, 3.8) is 0 Å². The molecule has 2 nitrogen and oxygen atoms in total. The molecule has 1 N–H and O–H groups in total. The van der Waals surface area contributed by atoms with Gasteiger partial charge in [-0.3, -0.25) is 0 Å². The molecule has 2 rings (SSSR count). The van der Waals surface area contributed by atoms with E-state index in [1.807, 2.05) is 11.3 Å². The summed E-state index contributed by atoms with van der Waals surface area (Å²) in [4.78, 5) is 5.02. The molecule has 1 aromatic heterocycles. The minimum absolute atomic E-state index is 0.141. The number of thiazole rings is 1. The zero-order chi connectivity index (χ0) is 14.8. The summed E-state index contributed by atoms with van der Waals surface area (Å²) in [6, 6.07) is 0. The summed E-state index contributed by atoms with van der Waals surface area (Å²) in [5.74, 6) is 0.852. The molecule has 2 atom stereocenters. The molecule has 20 heavy (non-hydrogen) atoms. The number of hydrogen-bond acceptors (Lipinski definition) is 3. The molecule has 0 aliphatic heterocycles. The molecule has 0 saturated heterocycles. The summed E-state index contributed by atoms with van der Waals surface area (Å²) in [6.45, 7) is 12.3. The van der Waals surface area contributed by atoms with E-state index in [1.54, 1.807) is 0 Å². The largest absolute Gasteiger partial charge is 0.306 e. The summed E-state index contributed by atoms with van der Waals surface area (Å²) in [5, 5.41) is 7.38. The van der Waals surface area contributed by atoms with Crippen molar-refractivity contribution in [3.05, 3.63) is 16.1 Å².